The second kappa shape index (κ2) is 12.1. The molecule has 0 aromatic heterocycles. The largest absolute Gasteiger partial charge is 0.461 e. The molecule has 2 N–H and O–H groups in total. The van der Waals surface area contributed by atoms with Gasteiger partial charge in [0.1, 0.15) is 11.9 Å². The van der Waals surface area contributed by atoms with Gasteiger partial charge in [0, 0.05) is 18.3 Å². The van der Waals surface area contributed by atoms with Crippen LogP contribution in [0.15, 0.2) is 23.8 Å². The topological polar surface area (TPSA) is 83.8 Å². The first-order valence-electron chi connectivity index (χ1n) is 12.5. The van der Waals surface area contributed by atoms with E-state index in [9.17, 15) is 19.8 Å². The van der Waals surface area contributed by atoms with Gasteiger partial charge < -0.3 is 14.9 Å². The number of ketones is 1. The van der Waals surface area contributed by atoms with E-state index in [2.05, 4.69) is 32.1 Å². The van der Waals surface area contributed by atoms with Gasteiger partial charge in [-0.05, 0) is 55.4 Å². The standard InChI is InChI=1S/C27H44O5/c1-7-18(5)27(31)32-25-13-17(4)12-20-9-8-19(6)23(26(20)25)11-10-21(28)14-22(29)15-24(30)16(2)3/h8-9,12,16-19,21-23,25-26,28-29H,7,10-11,13-15H2,1-6H3/t17-,18?,19-,21+,22+,23-,25-,26?/m0/s1. The Labute approximate surface area is 194 Å². The van der Waals surface area contributed by atoms with Crippen molar-refractivity contribution in [2.24, 2.45) is 35.5 Å². The summed E-state index contributed by atoms with van der Waals surface area (Å²) in [6.07, 6.45) is 8.34. The van der Waals surface area contributed by atoms with Gasteiger partial charge in [0.2, 0.25) is 0 Å². The van der Waals surface area contributed by atoms with Crippen LogP contribution in [0.5, 0.6) is 0 Å². The van der Waals surface area contributed by atoms with Gasteiger partial charge in [-0.3, -0.25) is 9.59 Å². The maximum Gasteiger partial charge on any atom is 0.308 e. The Morgan fingerprint density at radius 1 is 1.16 bits per heavy atom. The number of allylic oxidation sites excluding steroid dienone is 3. The summed E-state index contributed by atoms with van der Waals surface area (Å²) in [5.41, 5.74) is 1.24. The Morgan fingerprint density at radius 3 is 2.47 bits per heavy atom. The van der Waals surface area contributed by atoms with Crippen LogP contribution in [0.3, 0.4) is 0 Å². The lowest BCUT2D eigenvalue weighted by atomic mass is 9.65. The van der Waals surface area contributed by atoms with E-state index in [0.717, 1.165) is 19.3 Å². The summed E-state index contributed by atoms with van der Waals surface area (Å²) in [5, 5.41) is 20.8. The fourth-order valence-corrected chi connectivity index (χ4v) is 5.02. The van der Waals surface area contributed by atoms with Gasteiger partial charge in [-0.1, -0.05) is 59.8 Å². The predicted octanol–water partition coefficient (Wildman–Crippen LogP) is 4.86. The zero-order valence-electron chi connectivity index (χ0n) is 20.8. The van der Waals surface area contributed by atoms with Crippen LogP contribution in [0.4, 0.5) is 0 Å². The summed E-state index contributed by atoms with van der Waals surface area (Å²) >= 11 is 0. The SMILES string of the molecule is CCC(C)C(=O)O[C@H]1C[C@@H](C)C=C2C=C[C@H](C)[C@H](CC[C@@H](O)C[C@@H](O)CC(=O)C(C)C)C21. The summed E-state index contributed by atoms with van der Waals surface area (Å²) in [7, 11) is 0. The number of ether oxygens (including phenoxy) is 1. The Hall–Kier alpha value is -1.46. The lowest BCUT2D eigenvalue weighted by Crippen LogP contribution is -2.41. The number of aliphatic hydroxyl groups is 2. The van der Waals surface area contributed by atoms with Gasteiger partial charge in [-0.25, -0.2) is 0 Å². The molecule has 0 saturated heterocycles. The van der Waals surface area contributed by atoms with Gasteiger partial charge in [-0.2, -0.15) is 0 Å². The molecule has 0 heterocycles. The molecule has 5 heteroatoms. The zero-order chi connectivity index (χ0) is 24.0. The van der Waals surface area contributed by atoms with E-state index in [0.29, 0.717) is 18.3 Å². The van der Waals surface area contributed by atoms with Crippen LogP contribution in [-0.4, -0.2) is 40.3 Å². The Bertz CT molecular complexity index is 694. The minimum Gasteiger partial charge on any atom is -0.461 e. The monoisotopic (exact) mass is 448 g/mol. The summed E-state index contributed by atoms with van der Waals surface area (Å²) in [4.78, 5) is 24.4. The van der Waals surface area contributed by atoms with E-state index in [1.807, 2.05) is 27.7 Å². The van der Waals surface area contributed by atoms with Crippen LogP contribution in [-0.2, 0) is 14.3 Å². The van der Waals surface area contributed by atoms with E-state index in [4.69, 9.17) is 4.74 Å². The average molecular weight is 449 g/mol. The highest BCUT2D eigenvalue weighted by Crippen LogP contribution is 2.45. The first-order valence-corrected chi connectivity index (χ1v) is 12.5. The highest BCUT2D eigenvalue weighted by Gasteiger charge is 2.41. The number of carbonyl (C=O) groups is 2. The van der Waals surface area contributed by atoms with Crippen LogP contribution < -0.4 is 0 Å². The van der Waals surface area contributed by atoms with Crippen molar-refractivity contribution in [2.45, 2.75) is 98.4 Å². The summed E-state index contributed by atoms with van der Waals surface area (Å²) < 4.78 is 6.05. The number of hydrogen-bond acceptors (Lipinski definition) is 5. The Morgan fingerprint density at radius 2 is 1.84 bits per heavy atom. The highest BCUT2D eigenvalue weighted by atomic mass is 16.5. The quantitative estimate of drug-likeness (QED) is 0.441. The number of carbonyl (C=O) groups excluding carboxylic acids is 2. The van der Waals surface area contributed by atoms with Gasteiger partial charge in [-0.15, -0.1) is 0 Å². The van der Waals surface area contributed by atoms with E-state index in [1.54, 1.807) is 0 Å². The molecule has 2 aliphatic rings. The number of Topliss-reactive ketones (excluding diaryl/α,β-unsaturated/α-hetero) is 1. The minimum atomic E-state index is -0.807. The third-order valence-corrected chi connectivity index (χ3v) is 7.34. The molecule has 0 amide bonds. The molecule has 0 saturated carbocycles. The molecule has 0 aromatic carbocycles. The molecule has 5 nitrogen and oxygen atoms in total. The van der Waals surface area contributed by atoms with Gasteiger partial charge in [0.05, 0.1) is 18.1 Å². The maximum atomic E-state index is 12.6. The van der Waals surface area contributed by atoms with Crippen LogP contribution in [0.2, 0.25) is 0 Å². The molecule has 0 aromatic rings. The number of hydrogen-bond donors (Lipinski definition) is 2. The summed E-state index contributed by atoms with van der Waals surface area (Å²) in [6, 6.07) is 0. The highest BCUT2D eigenvalue weighted by molar-refractivity contribution is 5.80. The van der Waals surface area contributed by atoms with E-state index >= 15 is 0 Å². The molecular formula is C27H44O5. The Balaban J connectivity index is 2.05. The molecular weight excluding hydrogens is 404 g/mol. The second-order valence-corrected chi connectivity index (χ2v) is 10.5. The second-order valence-electron chi connectivity index (χ2n) is 10.5. The smallest absolute Gasteiger partial charge is 0.308 e. The molecule has 2 rings (SSSR count). The molecule has 182 valence electrons. The third kappa shape index (κ3) is 7.28. The predicted molar refractivity (Wildman–Crippen MR) is 127 cm³/mol. The Kier molecular flexibility index (Phi) is 10.2. The first-order chi connectivity index (χ1) is 15.0. The average Bonchev–Trinajstić information content (AvgIpc) is 2.72. The van der Waals surface area contributed by atoms with Crippen LogP contribution in [0, 0.1) is 35.5 Å². The molecule has 2 unspecified atom stereocenters. The molecule has 0 aliphatic heterocycles. The van der Waals surface area contributed by atoms with E-state index in [-0.39, 0.29) is 54.4 Å². The number of esters is 1. The van der Waals surface area contributed by atoms with Crippen molar-refractivity contribution in [3.63, 3.8) is 0 Å². The zero-order valence-corrected chi connectivity index (χ0v) is 20.8. The summed E-state index contributed by atoms with van der Waals surface area (Å²) in [5.74, 6) is 0.759. The molecule has 0 fully saturated rings. The van der Waals surface area contributed by atoms with Crippen LogP contribution >= 0.6 is 0 Å². The van der Waals surface area contributed by atoms with Crippen molar-refractivity contribution in [3.8, 4) is 0 Å². The van der Waals surface area contributed by atoms with Crippen molar-refractivity contribution in [2.75, 3.05) is 0 Å². The van der Waals surface area contributed by atoms with Crippen molar-refractivity contribution in [3.05, 3.63) is 23.8 Å². The van der Waals surface area contributed by atoms with Crippen molar-refractivity contribution in [1.82, 2.24) is 0 Å². The molecule has 2 aliphatic carbocycles. The lowest BCUT2D eigenvalue weighted by molar-refractivity contribution is -0.158. The van der Waals surface area contributed by atoms with Gasteiger partial charge in [0.15, 0.2) is 0 Å². The number of aliphatic hydroxyl groups excluding tert-OH is 2. The van der Waals surface area contributed by atoms with Crippen LogP contribution in [0.25, 0.3) is 0 Å². The fourth-order valence-electron chi connectivity index (χ4n) is 5.02. The lowest BCUT2D eigenvalue weighted by Gasteiger charge is -2.43. The van der Waals surface area contributed by atoms with Crippen molar-refractivity contribution >= 4 is 11.8 Å². The molecule has 0 spiro atoms. The van der Waals surface area contributed by atoms with Gasteiger partial charge in [0.25, 0.3) is 0 Å². The van der Waals surface area contributed by atoms with Crippen molar-refractivity contribution < 1.29 is 24.5 Å². The fraction of sp³-hybridized carbons (Fsp3) is 0.778. The van der Waals surface area contributed by atoms with Crippen LogP contribution in [0.1, 0.15) is 80.1 Å². The maximum absolute atomic E-state index is 12.6. The van der Waals surface area contributed by atoms with Crippen molar-refractivity contribution in [1.29, 1.82) is 0 Å². The molecule has 8 atom stereocenters. The van der Waals surface area contributed by atoms with E-state index in [1.165, 1.54) is 5.57 Å². The normalized spacial score (nSPS) is 30.3. The molecule has 0 bridgehead atoms. The first kappa shape index (κ1) is 26.8. The summed E-state index contributed by atoms with van der Waals surface area (Å²) in [6.45, 7) is 11.9. The molecule has 32 heavy (non-hydrogen) atoms. The number of rotatable bonds is 11. The third-order valence-electron chi connectivity index (χ3n) is 7.34. The van der Waals surface area contributed by atoms with E-state index < -0.39 is 12.2 Å². The number of fused-ring (bicyclic) bond motifs is 1. The van der Waals surface area contributed by atoms with Gasteiger partial charge >= 0.3 is 5.97 Å². The minimum absolute atomic E-state index is 0.0211. The molecule has 0 radical (unpaired) electrons.